The Morgan fingerprint density at radius 1 is 1.20 bits per heavy atom. The number of likely N-dealkylation sites (tertiary alicyclic amines) is 1. The second-order valence-electron chi connectivity index (χ2n) is 9.22. The molecule has 0 spiro atoms. The average Bonchev–Trinajstić information content (AvgIpc) is 3.50. The van der Waals surface area contributed by atoms with Crippen molar-refractivity contribution >= 4 is 5.91 Å². The maximum atomic E-state index is 14.6. The van der Waals surface area contributed by atoms with E-state index in [1.165, 1.54) is 17.7 Å². The van der Waals surface area contributed by atoms with Crippen molar-refractivity contribution in [1.82, 2.24) is 14.5 Å². The highest BCUT2D eigenvalue weighted by molar-refractivity contribution is 5.95. The second-order valence-corrected chi connectivity index (χ2v) is 9.22. The summed E-state index contributed by atoms with van der Waals surface area (Å²) in [5.41, 5.74) is 8.51. The van der Waals surface area contributed by atoms with Gasteiger partial charge in [-0.25, -0.2) is 9.37 Å². The van der Waals surface area contributed by atoms with Gasteiger partial charge in [-0.15, -0.1) is 0 Å². The lowest BCUT2D eigenvalue weighted by Gasteiger charge is -2.17. The van der Waals surface area contributed by atoms with E-state index < -0.39 is 12.1 Å². The molecule has 1 aromatic heterocycles. The Labute approximate surface area is 202 Å². The Kier molecular flexibility index (Phi) is 6.11. The molecule has 1 aliphatic heterocycles. The van der Waals surface area contributed by atoms with Crippen molar-refractivity contribution in [3.8, 4) is 23.1 Å². The molecule has 180 valence electrons. The van der Waals surface area contributed by atoms with E-state index in [9.17, 15) is 19.4 Å². The average molecular weight is 476 g/mol. The molecule has 1 atom stereocenters. The largest absolute Gasteiger partial charge is 0.368 e. The van der Waals surface area contributed by atoms with Gasteiger partial charge in [0.2, 0.25) is 0 Å². The summed E-state index contributed by atoms with van der Waals surface area (Å²) in [5, 5.41) is 28.9. The van der Waals surface area contributed by atoms with Gasteiger partial charge in [-0.3, -0.25) is 9.36 Å². The first kappa shape index (κ1) is 23.2. The number of imidazole rings is 1. The third kappa shape index (κ3) is 4.56. The maximum absolute atomic E-state index is 14.6. The first-order valence-electron chi connectivity index (χ1n) is 11.7. The van der Waals surface area contributed by atoms with Crippen LogP contribution in [0.4, 0.5) is 4.39 Å². The van der Waals surface area contributed by atoms with E-state index in [1.54, 1.807) is 21.6 Å². The molecule has 3 aromatic rings. The predicted molar refractivity (Wildman–Crippen MR) is 126 cm³/mol. The summed E-state index contributed by atoms with van der Waals surface area (Å²) in [6.45, 7) is 0.856. The van der Waals surface area contributed by atoms with E-state index in [4.69, 9.17) is 11.0 Å². The third-order valence-electron chi connectivity index (χ3n) is 6.61. The zero-order valence-electron chi connectivity index (χ0n) is 19.1. The Morgan fingerprint density at radius 3 is 2.51 bits per heavy atom. The van der Waals surface area contributed by atoms with Crippen molar-refractivity contribution < 1.29 is 19.4 Å². The summed E-state index contributed by atoms with van der Waals surface area (Å²) in [7, 11) is 0. The molecule has 2 aliphatic rings. The number of nitrogens with zero attached hydrogens (tertiary/aromatic N) is 4. The van der Waals surface area contributed by atoms with Crippen LogP contribution in [-0.2, 0) is 6.42 Å². The monoisotopic (exact) mass is 475 g/mol. The standard InChI is InChI=1S/C26H26FN5O3/c27-21-11-17(3-4-18(21)13-28)25-30-24(26(35)31-10-9-19(29)14-31)22(12-23(33)34)32(25)20-7-5-16(6-8-20)15-1-2-15/h3-8,11,15,19,23,33-34H,1-2,9-10,12,14,29H2/t19-/m1/s1. The van der Waals surface area contributed by atoms with E-state index in [1.807, 2.05) is 24.3 Å². The van der Waals surface area contributed by atoms with E-state index in [0.29, 0.717) is 42.4 Å². The minimum absolute atomic E-state index is 0.0678. The SMILES string of the molecule is N#Cc1ccc(-c2nc(C(=O)N3CC[C@@H](N)C3)c(CC(O)O)n2-c2ccc(C3CC3)cc2)cc1F. The molecular formula is C26H26FN5O3. The van der Waals surface area contributed by atoms with Crippen LogP contribution in [0.3, 0.4) is 0 Å². The van der Waals surface area contributed by atoms with Crippen LogP contribution in [0, 0.1) is 17.1 Å². The smallest absolute Gasteiger partial charge is 0.274 e. The van der Waals surface area contributed by atoms with E-state index >= 15 is 0 Å². The van der Waals surface area contributed by atoms with Crippen molar-refractivity contribution in [3.05, 3.63) is 70.8 Å². The zero-order chi connectivity index (χ0) is 24.7. The van der Waals surface area contributed by atoms with Crippen LogP contribution in [0.15, 0.2) is 42.5 Å². The molecule has 0 unspecified atom stereocenters. The summed E-state index contributed by atoms with van der Waals surface area (Å²) in [5.74, 6) is -0.243. The molecule has 1 amide bonds. The van der Waals surface area contributed by atoms with Gasteiger partial charge in [0.25, 0.3) is 5.91 Å². The lowest BCUT2D eigenvalue weighted by atomic mass is 10.1. The highest BCUT2D eigenvalue weighted by Crippen LogP contribution is 2.40. The van der Waals surface area contributed by atoms with E-state index in [2.05, 4.69) is 4.98 Å². The van der Waals surface area contributed by atoms with Crippen molar-refractivity contribution in [3.63, 3.8) is 0 Å². The Morgan fingerprint density at radius 2 is 1.94 bits per heavy atom. The number of carbonyl (C=O) groups excluding carboxylic acids is 1. The number of halogens is 1. The van der Waals surface area contributed by atoms with Crippen molar-refractivity contribution in [1.29, 1.82) is 5.26 Å². The molecule has 4 N–H and O–H groups in total. The maximum Gasteiger partial charge on any atom is 0.274 e. The number of aromatic nitrogens is 2. The minimum atomic E-state index is -1.73. The molecular weight excluding hydrogens is 449 g/mol. The Balaban J connectivity index is 1.69. The van der Waals surface area contributed by atoms with Crippen LogP contribution in [0.25, 0.3) is 17.1 Å². The number of aliphatic hydroxyl groups is 2. The molecule has 1 aliphatic carbocycles. The van der Waals surface area contributed by atoms with E-state index in [-0.39, 0.29) is 35.5 Å². The number of rotatable bonds is 6. The quantitative estimate of drug-likeness (QED) is 0.470. The number of hydrogen-bond donors (Lipinski definition) is 3. The van der Waals surface area contributed by atoms with Crippen LogP contribution in [0.5, 0.6) is 0 Å². The van der Waals surface area contributed by atoms with Crippen molar-refractivity contribution in [2.75, 3.05) is 13.1 Å². The fraction of sp³-hybridized carbons (Fsp3) is 0.346. The molecule has 0 bridgehead atoms. The topological polar surface area (TPSA) is 128 Å². The van der Waals surface area contributed by atoms with Gasteiger partial charge >= 0.3 is 0 Å². The molecule has 2 aromatic carbocycles. The van der Waals surface area contributed by atoms with Gasteiger partial charge < -0.3 is 20.8 Å². The first-order chi connectivity index (χ1) is 16.9. The van der Waals surface area contributed by atoms with Gasteiger partial charge in [-0.1, -0.05) is 12.1 Å². The summed E-state index contributed by atoms with van der Waals surface area (Å²) in [6, 6.07) is 13.6. The molecule has 9 heteroatoms. The van der Waals surface area contributed by atoms with Gasteiger partial charge in [-0.05, 0) is 61.1 Å². The number of benzene rings is 2. The number of amides is 1. The number of carbonyl (C=O) groups is 1. The molecule has 8 nitrogen and oxygen atoms in total. The molecule has 35 heavy (non-hydrogen) atoms. The lowest BCUT2D eigenvalue weighted by molar-refractivity contribution is -0.0391. The van der Waals surface area contributed by atoms with Crippen LogP contribution in [0.2, 0.25) is 0 Å². The highest BCUT2D eigenvalue weighted by Gasteiger charge is 2.32. The fourth-order valence-corrected chi connectivity index (χ4v) is 4.64. The number of nitrogens with two attached hydrogens (primary N) is 1. The van der Waals surface area contributed by atoms with Crippen LogP contribution in [0.1, 0.15) is 52.5 Å². The van der Waals surface area contributed by atoms with Gasteiger partial charge in [0.15, 0.2) is 12.0 Å². The number of hydrogen-bond acceptors (Lipinski definition) is 6. The van der Waals surface area contributed by atoms with Crippen molar-refractivity contribution in [2.24, 2.45) is 5.73 Å². The van der Waals surface area contributed by atoms with Crippen LogP contribution in [-0.4, -0.2) is 56.0 Å². The number of nitriles is 1. The number of aliphatic hydroxyl groups excluding tert-OH is 1. The van der Waals surface area contributed by atoms with Crippen LogP contribution >= 0.6 is 0 Å². The second kappa shape index (κ2) is 9.23. The predicted octanol–water partition coefficient (Wildman–Crippen LogP) is 2.45. The van der Waals surface area contributed by atoms with Gasteiger partial charge in [0.05, 0.1) is 11.3 Å². The molecule has 5 rings (SSSR count). The van der Waals surface area contributed by atoms with Gasteiger partial charge in [0.1, 0.15) is 17.7 Å². The van der Waals surface area contributed by atoms with Gasteiger partial charge in [-0.2, -0.15) is 5.26 Å². The fourth-order valence-electron chi connectivity index (χ4n) is 4.64. The highest BCUT2D eigenvalue weighted by atomic mass is 19.1. The first-order valence-corrected chi connectivity index (χ1v) is 11.7. The molecule has 0 radical (unpaired) electrons. The Hall–Kier alpha value is -3.58. The van der Waals surface area contributed by atoms with Crippen LogP contribution < -0.4 is 5.73 Å². The van der Waals surface area contributed by atoms with Crippen molar-refractivity contribution in [2.45, 2.75) is 43.9 Å². The van der Waals surface area contributed by atoms with Gasteiger partial charge in [0, 0.05) is 36.8 Å². The molecule has 1 saturated heterocycles. The molecule has 2 heterocycles. The summed E-state index contributed by atoms with van der Waals surface area (Å²) >= 11 is 0. The molecule has 1 saturated carbocycles. The third-order valence-corrected chi connectivity index (χ3v) is 6.61. The zero-order valence-corrected chi connectivity index (χ0v) is 19.1. The Bertz CT molecular complexity index is 1310. The minimum Gasteiger partial charge on any atom is -0.368 e. The van der Waals surface area contributed by atoms with E-state index in [0.717, 1.165) is 12.8 Å². The summed E-state index contributed by atoms with van der Waals surface area (Å²) in [4.78, 5) is 19.7. The normalized spacial score (nSPS) is 17.7. The molecule has 2 fully saturated rings. The summed E-state index contributed by atoms with van der Waals surface area (Å²) in [6.07, 6.45) is 0.990. The summed E-state index contributed by atoms with van der Waals surface area (Å²) < 4.78 is 16.2. The lowest BCUT2D eigenvalue weighted by Crippen LogP contribution is -2.33.